The lowest BCUT2D eigenvalue weighted by Crippen LogP contribution is -2.07. The number of nitrogens with zero attached hydrogens (tertiary/aromatic N) is 3. The number of hydrogen-bond acceptors (Lipinski definition) is 4. The average Bonchev–Trinajstić information content (AvgIpc) is 2.34. The van der Waals surface area contributed by atoms with Gasteiger partial charge in [-0.3, -0.25) is 0 Å². The summed E-state index contributed by atoms with van der Waals surface area (Å²) in [5, 5.41) is 4.44. The number of benzene rings is 1. The van der Waals surface area contributed by atoms with Crippen LogP contribution in [0.5, 0.6) is 0 Å². The molecule has 4 nitrogen and oxygen atoms in total. The van der Waals surface area contributed by atoms with Gasteiger partial charge >= 0.3 is 0 Å². The Kier molecular flexibility index (Phi) is 4.36. The molecule has 2 rings (SSSR count). The van der Waals surface area contributed by atoms with Crippen LogP contribution < -0.4 is 5.43 Å². The maximum atomic E-state index is 4.44. The molecule has 0 aliphatic heterocycles. The standard InChI is InChI=1S/C17H22N4/c1-10-7-11(2)16(12(3)8-10)15(6)20-21-17-18-13(4)9-14(5)19-17/h7-9H,1-6H3,(H,18,19,21). The lowest BCUT2D eigenvalue weighted by molar-refractivity contribution is 1.03. The van der Waals surface area contributed by atoms with Crippen molar-refractivity contribution in [3.8, 4) is 0 Å². The minimum atomic E-state index is 0.536. The minimum Gasteiger partial charge on any atom is -0.245 e. The highest BCUT2D eigenvalue weighted by atomic mass is 15.4. The third-order valence-electron chi connectivity index (χ3n) is 3.34. The van der Waals surface area contributed by atoms with Crippen molar-refractivity contribution in [2.45, 2.75) is 41.5 Å². The van der Waals surface area contributed by atoms with Gasteiger partial charge in [-0.25, -0.2) is 15.4 Å². The molecule has 21 heavy (non-hydrogen) atoms. The maximum Gasteiger partial charge on any atom is 0.243 e. The summed E-state index contributed by atoms with van der Waals surface area (Å²) in [5.74, 6) is 0.536. The van der Waals surface area contributed by atoms with Crippen molar-refractivity contribution in [3.05, 3.63) is 51.8 Å². The Balaban J connectivity index is 2.29. The largest absolute Gasteiger partial charge is 0.245 e. The maximum absolute atomic E-state index is 4.44. The second-order valence-electron chi connectivity index (χ2n) is 5.56. The van der Waals surface area contributed by atoms with Gasteiger partial charge < -0.3 is 0 Å². The van der Waals surface area contributed by atoms with Gasteiger partial charge in [-0.15, -0.1) is 0 Å². The van der Waals surface area contributed by atoms with E-state index in [0.29, 0.717) is 5.95 Å². The zero-order valence-electron chi connectivity index (χ0n) is 13.6. The normalized spacial score (nSPS) is 11.6. The van der Waals surface area contributed by atoms with Crippen molar-refractivity contribution in [2.75, 3.05) is 5.43 Å². The first-order valence-electron chi connectivity index (χ1n) is 7.07. The second-order valence-corrected chi connectivity index (χ2v) is 5.56. The number of rotatable bonds is 3. The van der Waals surface area contributed by atoms with Gasteiger partial charge in [0, 0.05) is 17.0 Å². The van der Waals surface area contributed by atoms with Gasteiger partial charge in [0.15, 0.2) is 0 Å². The summed E-state index contributed by atoms with van der Waals surface area (Å²) in [5.41, 5.74) is 10.7. The van der Waals surface area contributed by atoms with E-state index in [1.807, 2.05) is 26.8 Å². The van der Waals surface area contributed by atoms with Crippen molar-refractivity contribution in [3.63, 3.8) is 0 Å². The molecule has 0 radical (unpaired) electrons. The summed E-state index contributed by atoms with van der Waals surface area (Å²) in [6.07, 6.45) is 0. The zero-order chi connectivity index (χ0) is 15.6. The van der Waals surface area contributed by atoms with Crippen LogP contribution >= 0.6 is 0 Å². The highest BCUT2D eigenvalue weighted by Crippen LogP contribution is 2.17. The van der Waals surface area contributed by atoms with Crippen molar-refractivity contribution in [1.82, 2.24) is 9.97 Å². The van der Waals surface area contributed by atoms with Gasteiger partial charge in [0.1, 0.15) is 0 Å². The molecule has 0 saturated carbocycles. The summed E-state index contributed by atoms with van der Waals surface area (Å²) >= 11 is 0. The Bertz CT molecular complexity index is 659. The molecule has 1 aromatic heterocycles. The van der Waals surface area contributed by atoms with Crippen molar-refractivity contribution in [2.24, 2.45) is 5.10 Å². The van der Waals surface area contributed by atoms with Crippen LogP contribution in [-0.2, 0) is 0 Å². The van der Waals surface area contributed by atoms with Crippen molar-refractivity contribution < 1.29 is 0 Å². The molecule has 0 aliphatic carbocycles. The van der Waals surface area contributed by atoms with E-state index < -0.39 is 0 Å². The van der Waals surface area contributed by atoms with Crippen LogP contribution in [0, 0.1) is 34.6 Å². The van der Waals surface area contributed by atoms with E-state index in [1.54, 1.807) is 0 Å². The van der Waals surface area contributed by atoms with E-state index in [0.717, 1.165) is 17.1 Å². The average molecular weight is 282 g/mol. The SMILES string of the molecule is CC(=NNc1nc(C)cc(C)n1)c1c(C)cc(C)cc1C. The summed E-state index contributed by atoms with van der Waals surface area (Å²) in [6, 6.07) is 6.29. The fourth-order valence-electron chi connectivity index (χ4n) is 2.72. The van der Waals surface area contributed by atoms with Crippen LogP contribution in [-0.4, -0.2) is 15.7 Å². The van der Waals surface area contributed by atoms with E-state index in [9.17, 15) is 0 Å². The lowest BCUT2D eigenvalue weighted by Gasteiger charge is -2.11. The van der Waals surface area contributed by atoms with Crippen LogP contribution in [0.3, 0.4) is 0 Å². The Hall–Kier alpha value is -2.23. The first kappa shape index (κ1) is 15.2. The number of aryl methyl sites for hydroxylation is 5. The summed E-state index contributed by atoms with van der Waals surface area (Å²) in [6.45, 7) is 12.2. The molecule has 1 N–H and O–H groups in total. The second kappa shape index (κ2) is 6.04. The van der Waals surface area contributed by atoms with Crippen LogP contribution in [0.15, 0.2) is 23.3 Å². The summed E-state index contributed by atoms with van der Waals surface area (Å²) < 4.78 is 0. The number of hydrazone groups is 1. The molecule has 0 bridgehead atoms. The Labute approximate surface area is 126 Å². The van der Waals surface area contributed by atoms with Gasteiger partial charge in [0.25, 0.3) is 0 Å². The van der Waals surface area contributed by atoms with E-state index in [1.165, 1.54) is 22.3 Å². The predicted molar refractivity (Wildman–Crippen MR) is 88.0 cm³/mol. The van der Waals surface area contributed by atoms with E-state index in [2.05, 4.69) is 53.4 Å². The first-order valence-corrected chi connectivity index (χ1v) is 7.07. The lowest BCUT2D eigenvalue weighted by atomic mass is 9.97. The smallest absolute Gasteiger partial charge is 0.243 e. The quantitative estimate of drug-likeness (QED) is 0.687. The predicted octanol–water partition coefficient (Wildman–Crippen LogP) is 3.85. The molecule has 1 aromatic carbocycles. The van der Waals surface area contributed by atoms with Gasteiger partial charge in [0.2, 0.25) is 5.95 Å². The molecule has 110 valence electrons. The van der Waals surface area contributed by atoms with Gasteiger partial charge in [-0.1, -0.05) is 17.7 Å². The molecule has 0 atom stereocenters. The number of hydrogen-bond donors (Lipinski definition) is 1. The van der Waals surface area contributed by atoms with Crippen LogP contribution in [0.1, 0.15) is 40.6 Å². The monoisotopic (exact) mass is 282 g/mol. The van der Waals surface area contributed by atoms with E-state index >= 15 is 0 Å². The Morgan fingerprint density at radius 3 is 1.95 bits per heavy atom. The molecule has 0 saturated heterocycles. The van der Waals surface area contributed by atoms with Gasteiger partial charge in [-0.2, -0.15) is 5.10 Å². The van der Waals surface area contributed by atoms with Gasteiger partial charge in [0.05, 0.1) is 5.71 Å². The highest BCUT2D eigenvalue weighted by Gasteiger charge is 2.07. The first-order chi connectivity index (χ1) is 9.86. The molecule has 0 unspecified atom stereocenters. The third kappa shape index (κ3) is 3.66. The zero-order valence-corrected chi connectivity index (χ0v) is 13.6. The Morgan fingerprint density at radius 2 is 1.43 bits per heavy atom. The van der Waals surface area contributed by atoms with E-state index in [4.69, 9.17) is 0 Å². The number of anilines is 1. The third-order valence-corrected chi connectivity index (χ3v) is 3.34. The molecular formula is C17H22N4. The summed E-state index contributed by atoms with van der Waals surface area (Å²) in [4.78, 5) is 8.66. The fourth-order valence-corrected chi connectivity index (χ4v) is 2.72. The molecule has 0 aliphatic rings. The van der Waals surface area contributed by atoms with Crippen LogP contribution in [0.2, 0.25) is 0 Å². The molecule has 0 spiro atoms. The fraction of sp³-hybridized carbons (Fsp3) is 0.353. The molecule has 1 heterocycles. The molecular weight excluding hydrogens is 260 g/mol. The van der Waals surface area contributed by atoms with Crippen LogP contribution in [0.25, 0.3) is 0 Å². The van der Waals surface area contributed by atoms with Crippen molar-refractivity contribution >= 4 is 11.7 Å². The van der Waals surface area contributed by atoms with Gasteiger partial charge in [-0.05, 0) is 58.7 Å². The molecule has 0 fully saturated rings. The highest BCUT2D eigenvalue weighted by molar-refractivity contribution is 6.01. The van der Waals surface area contributed by atoms with Crippen molar-refractivity contribution in [1.29, 1.82) is 0 Å². The Morgan fingerprint density at radius 1 is 0.905 bits per heavy atom. The molecule has 2 aromatic rings. The number of nitrogens with one attached hydrogen (secondary N) is 1. The molecule has 4 heteroatoms. The topological polar surface area (TPSA) is 50.2 Å². The summed E-state index contributed by atoms with van der Waals surface area (Å²) in [7, 11) is 0. The number of aromatic nitrogens is 2. The minimum absolute atomic E-state index is 0.536. The van der Waals surface area contributed by atoms with E-state index in [-0.39, 0.29) is 0 Å². The molecule has 0 amide bonds. The van der Waals surface area contributed by atoms with Crippen LogP contribution in [0.4, 0.5) is 5.95 Å².